The molecule has 7 aromatic rings. The van der Waals surface area contributed by atoms with Crippen molar-refractivity contribution in [2.75, 3.05) is 0 Å². The molecule has 0 fully saturated rings. The Bertz CT molecular complexity index is 2300. The maximum atomic E-state index is 7.75. The Morgan fingerprint density at radius 2 is 1.63 bits per heavy atom. The first-order valence-corrected chi connectivity index (χ1v) is 25.0. The van der Waals surface area contributed by atoms with E-state index in [1.807, 2.05) is 42.6 Å². The summed E-state index contributed by atoms with van der Waals surface area (Å²) in [5, 5.41) is 3.54. The molecule has 1 radical (unpaired) electrons. The van der Waals surface area contributed by atoms with Gasteiger partial charge >= 0.3 is 177 Å². The Morgan fingerprint density at radius 3 is 2.37 bits per heavy atom. The number of aryl methyl sites for hydroxylation is 1. The number of pyridine rings is 2. The number of hydrogen-bond donors (Lipinski definition) is 0. The SMILES string of the molecule is C[Si](C)(C)c1ccc(-c2[c-]cccc2)nc1.[2H]C([2H])([2H])c1ccnc(-c2[c-]ccc3c2oc2cc[c]4c(c23)-c2cccc[c]2[Ge]4([CH3])[CH3])c1.[Ir]. The van der Waals surface area contributed by atoms with Crippen LogP contribution < -0.4 is 14.0 Å². The average molecular weight is 857 g/mol. The monoisotopic (exact) mass is 858 g/mol. The standard InChI is InChI=1S/C26H20GeNO.C14H16NSi.Ir/c1-16-13-14-28-22(15-16)18-8-6-9-19-25-23(29-26(18)19)12-11-21-24(25)17-7-4-5-10-20(17)27(21,2)3;1-16(2,3)13-9-10-14(15-11-13)12-7-5-4-6-8-12;/h4-7,9-15H,1-3H3;4-7,9-11H,1-3H3;/q2*-1;/i1D3;;. The molecule has 0 saturated heterocycles. The summed E-state index contributed by atoms with van der Waals surface area (Å²) in [4.78, 5) is 8.96. The largest absolute Gasteiger partial charge is 0 e. The van der Waals surface area contributed by atoms with Crippen molar-refractivity contribution in [3.63, 3.8) is 0 Å². The van der Waals surface area contributed by atoms with Crippen LogP contribution in [0, 0.1) is 19.0 Å². The molecule has 1 aliphatic rings. The molecule has 231 valence electrons. The molecule has 0 spiro atoms. The summed E-state index contributed by atoms with van der Waals surface area (Å²) >= 11 is -2.38. The van der Waals surface area contributed by atoms with Crippen LogP contribution in [0.1, 0.15) is 9.68 Å². The molecule has 8 rings (SSSR count). The summed E-state index contributed by atoms with van der Waals surface area (Å²) in [7, 11) is -1.23. The van der Waals surface area contributed by atoms with E-state index in [-0.39, 0.29) is 25.7 Å². The van der Waals surface area contributed by atoms with Crippen LogP contribution in [0.3, 0.4) is 0 Å². The average Bonchev–Trinajstić information content (AvgIpc) is 3.57. The van der Waals surface area contributed by atoms with E-state index in [1.54, 1.807) is 6.07 Å². The second-order valence-electron chi connectivity index (χ2n) is 13.1. The smallest absolute Gasteiger partial charge is 0 e. The molecule has 3 aromatic heterocycles. The summed E-state index contributed by atoms with van der Waals surface area (Å²) < 4.78 is 32.6. The van der Waals surface area contributed by atoms with Crippen molar-refractivity contribution in [3.05, 3.63) is 127 Å². The van der Waals surface area contributed by atoms with Gasteiger partial charge in [-0.1, -0.05) is 31.8 Å². The number of hydrogen-bond acceptors (Lipinski definition) is 3. The minimum atomic E-state index is -2.38. The third-order valence-corrected chi connectivity index (χ3v) is 18.2. The predicted molar refractivity (Wildman–Crippen MR) is 194 cm³/mol. The molecular weight excluding hydrogens is 817 g/mol. The van der Waals surface area contributed by atoms with Gasteiger partial charge in [-0.05, 0) is 10.9 Å². The molecule has 4 aromatic carbocycles. The maximum absolute atomic E-state index is 7.75. The fourth-order valence-corrected chi connectivity index (χ4v) is 13.8. The molecule has 0 N–H and O–H groups in total. The van der Waals surface area contributed by atoms with Gasteiger partial charge in [0.1, 0.15) is 0 Å². The number of furan rings is 1. The van der Waals surface area contributed by atoms with E-state index >= 15 is 0 Å². The molecule has 0 bridgehead atoms. The summed E-state index contributed by atoms with van der Waals surface area (Å²) in [6, 6.07) is 38.8. The molecule has 1 aliphatic heterocycles. The molecule has 4 heterocycles. The Labute approximate surface area is 293 Å². The molecule has 0 aliphatic carbocycles. The third kappa shape index (κ3) is 5.75. The van der Waals surface area contributed by atoms with Gasteiger partial charge in [0, 0.05) is 26.3 Å². The second kappa shape index (κ2) is 12.5. The van der Waals surface area contributed by atoms with Crippen molar-refractivity contribution in [3.8, 4) is 33.6 Å². The first kappa shape index (κ1) is 28.6. The number of aromatic nitrogens is 2. The van der Waals surface area contributed by atoms with Gasteiger partial charge in [0.15, 0.2) is 0 Å². The van der Waals surface area contributed by atoms with Gasteiger partial charge in [-0.3, -0.25) is 0 Å². The Balaban J connectivity index is 0.000000208. The van der Waals surface area contributed by atoms with E-state index in [0.717, 1.165) is 27.6 Å². The molecular formula is C40H36GeIrN2OSi-2. The van der Waals surface area contributed by atoms with Gasteiger partial charge in [0.25, 0.3) is 0 Å². The van der Waals surface area contributed by atoms with E-state index < -0.39 is 28.2 Å². The zero-order valence-corrected chi connectivity index (χ0v) is 32.0. The molecule has 0 atom stereocenters. The fraction of sp³-hybridized carbons (Fsp3) is 0.150. The van der Waals surface area contributed by atoms with Crippen molar-refractivity contribution in [2.45, 2.75) is 38.0 Å². The molecule has 0 saturated carbocycles. The predicted octanol–water partition coefficient (Wildman–Crippen LogP) is 8.65. The molecule has 6 heteroatoms. The zero-order chi connectivity index (χ0) is 33.8. The number of benzene rings is 4. The quantitative estimate of drug-likeness (QED) is 0.132. The van der Waals surface area contributed by atoms with Crippen LogP contribution in [0.5, 0.6) is 0 Å². The first-order valence-electron chi connectivity index (χ1n) is 16.7. The third-order valence-electron chi connectivity index (χ3n) is 8.77. The van der Waals surface area contributed by atoms with E-state index in [0.29, 0.717) is 16.8 Å². The van der Waals surface area contributed by atoms with E-state index in [2.05, 4.69) is 102 Å². The van der Waals surface area contributed by atoms with Gasteiger partial charge in [0.2, 0.25) is 0 Å². The van der Waals surface area contributed by atoms with Crippen LogP contribution in [0.4, 0.5) is 0 Å². The van der Waals surface area contributed by atoms with E-state index in [1.165, 1.54) is 37.4 Å². The molecule has 0 amide bonds. The van der Waals surface area contributed by atoms with Gasteiger partial charge < -0.3 is 4.98 Å². The van der Waals surface area contributed by atoms with Crippen LogP contribution in [0.25, 0.3) is 55.6 Å². The van der Waals surface area contributed by atoms with Crippen LogP contribution in [-0.4, -0.2) is 31.3 Å². The van der Waals surface area contributed by atoms with Gasteiger partial charge in [-0.15, -0.1) is 35.9 Å². The van der Waals surface area contributed by atoms with Crippen LogP contribution in [0.2, 0.25) is 31.2 Å². The van der Waals surface area contributed by atoms with E-state index in [9.17, 15) is 0 Å². The van der Waals surface area contributed by atoms with Crippen LogP contribution in [0.15, 0.2) is 114 Å². The van der Waals surface area contributed by atoms with Crippen molar-refractivity contribution in [1.82, 2.24) is 9.97 Å². The number of nitrogens with zero attached hydrogens (tertiary/aromatic N) is 2. The van der Waals surface area contributed by atoms with Crippen molar-refractivity contribution in [1.29, 1.82) is 0 Å². The summed E-state index contributed by atoms with van der Waals surface area (Å²) in [5.74, 6) is 4.89. The summed E-state index contributed by atoms with van der Waals surface area (Å²) in [6.45, 7) is 4.80. The van der Waals surface area contributed by atoms with Crippen molar-refractivity contribution in [2.24, 2.45) is 0 Å². The topological polar surface area (TPSA) is 38.9 Å². The molecule has 46 heavy (non-hydrogen) atoms. The summed E-state index contributed by atoms with van der Waals surface area (Å²) in [6.07, 6.45) is 3.55. The van der Waals surface area contributed by atoms with Crippen LogP contribution >= 0.6 is 0 Å². The number of fused-ring (bicyclic) bond motifs is 7. The first-order chi connectivity index (χ1) is 22.8. The fourth-order valence-electron chi connectivity index (χ4n) is 6.33. The molecule has 3 nitrogen and oxygen atoms in total. The minimum Gasteiger partial charge on any atom is 0 e. The van der Waals surface area contributed by atoms with Crippen molar-refractivity contribution < 1.29 is 28.6 Å². The number of rotatable bonds is 3. The minimum absolute atomic E-state index is 0. The van der Waals surface area contributed by atoms with Crippen molar-refractivity contribution >= 4 is 57.3 Å². The molecule has 0 unspecified atom stereocenters. The van der Waals surface area contributed by atoms with E-state index in [4.69, 9.17) is 8.53 Å². The Hall–Kier alpha value is -3.61. The Morgan fingerprint density at radius 1 is 0.804 bits per heavy atom. The summed E-state index contributed by atoms with van der Waals surface area (Å²) in [5.41, 5.74) is 7.70. The van der Waals surface area contributed by atoms with Gasteiger partial charge in [0.05, 0.1) is 8.07 Å². The maximum Gasteiger partial charge on any atom is 0 e. The zero-order valence-electron chi connectivity index (χ0n) is 29.5. The normalized spacial score (nSPS) is 14.2. The van der Waals surface area contributed by atoms with Crippen LogP contribution in [-0.2, 0) is 20.1 Å². The second-order valence-corrected chi connectivity index (χ2v) is 27.3. The Kier molecular flexibility index (Phi) is 7.79. The van der Waals surface area contributed by atoms with Gasteiger partial charge in [-0.25, -0.2) is 0 Å². The van der Waals surface area contributed by atoms with Gasteiger partial charge in [-0.2, -0.15) is 0 Å².